The average Bonchev–Trinajstić information content (AvgIpc) is 2.26. The molecule has 0 saturated heterocycles. The van der Waals surface area contributed by atoms with Gasteiger partial charge < -0.3 is 0 Å². The van der Waals surface area contributed by atoms with Crippen molar-refractivity contribution in [1.29, 1.82) is 0 Å². The normalized spacial score (nSPS) is 9.94. The van der Waals surface area contributed by atoms with E-state index in [1.807, 2.05) is 0 Å². The number of nitrogens with zero attached hydrogens (tertiary/aromatic N) is 4. The summed E-state index contributed by atoms with van der Waals surface area (Å²) >= 11 is 0. The first kappa shape index (κ1) is 12.4. The second kappa shape index (κ2) is 4.49. The van der Waals surface area contributed by atoms with Gasteiger partial charge in [-0.15, -0.1) is 0 Å². The smallest absolute Gasteiger partial charge is 0.258 e. The highest BCUT2D eigenvalue weighted by Crippen LogP contribution is 2.37. The van der Waals surface area contributed by atoms with Crippen LogP contribution in [0.4, 0.5) is 22.7 Å². The molecule has 0 amide bonds. The van der Waals surface area contributed by atoms with Crippen molar-refractivity contribution in [2.24, 2.45) is 0 Å². The summed E-state index contributed by atoms with van der Waals surface area (Å²) in [6.45, 7) is 0. The second-order valence-corrected chi connectivity index (χ2v) is 2.83. The summed E-state index contributed by atoms with van der Waals surface area (Å²) in [6, 6.07) is 1.27. The molecule has 0 aliphatic rings. The van der Waals surface area contributed by atoms with E-state index < -0.39 is 37.5 Å². The molecule has 1 aromatic carbocycles. The molecule has 0 heterocycles. The summed E-state index contributed by atoms with van der Waals surface area (Å²) in [4.78, 5) is 28.9. The van der Waals surface area contributed by atoms with Gasteiger partial charge >= 0.3 is 17.1 Å². The van der Waals surface area contributed by atoms with Crippen LogP contribution in [-0.2, 0) is 0 Å². The van der Waals surface area contributed by atoms with Crippen LogP contribution in [0, 0.1) is 30.3 Å². The molecule has 0 aliphatic carbocycles. The Kier molecular flexibility index (Phi) is 3.29. The summed E-state index contributed by atoms with van der Waals surface area (Å²) in [5, 5.41) is 35.1. The van der Waals surface area contributed by atoms with E-state index in [1.54, 1.807) is 0 Å². The van der Waals surface area contributed by atoms with E-state index in [9.17, 15) is 30.3 Å². The summed E-state index contributed by atoms with van der Waals surface area (Å²) in [5.74, 6) is 0. The number of nitro benzene ring substituents is 3. The first-order valence-corrected chi connectivity index (χ1v) is 4.09. The van der Waals surface area contributed by atoms with Crippen LogP contribution in [0.2, 0.25) is 0 Å². The van der Waals surface area contributed by atoms with Gasteiger partial charge in [0.1, 0.15) is 17.4 Å². The molecule has 10 heteroatoms. The summed E-state index contributed by atoms with van der Waals surface area (Å²) in [7, 11) is 1.13. The molecule has 0 atom stereocenters. The molecular weight excluding hydrogens is 236 g/mol. The van der Waals surface area contributed by atoms with E-state index in [2.05, 4.69) is 5.32 Å². The standard InChI is InChI=1S/C7H5N4O6/c1-8-7-5(10(14)15)2-4(9(12)13)3-6(7)11(16)17/h2-3H,1H3/q+1. The van der Waals surface area contributed by atoms with Crippen molar-refractivity contribution < 1.29 is 14.8 Å². The van der Waals surface area contributed by atoms with E-state index >= 15 is 0 Å². The van der Waals surface area contributed by atoms with E-state index in [0.717, 1.165) is 7.05 Å². The first-order chi connectivity index (χ1) is 7.88. The molecule has 88 valence electrons. The van der Waals surface area contributed by atoms with Crippen molar-refractivity contribution >= 4 is 22.7 Å². The van der Waals surface area contributed by atoms with Gasteiger partial charge in [0.25, 0.3) is 5.69 Å². The molecule has 0 aliphatic heterocycles. The molecule has 0 N–H and O–H groups in total. The fourth-order valence-corrected chi connectivity index (χ4v) is 1.20. The zero-order valence-corrected chi connectivity index (χ0v) is 8.39. The minimum absolute atomic E-state index is 0.495. The van der Waals surface area contributed by atoms with Crippen LogP contribution in [0.3, 0.4) is 0 Å². The van der Waals surface area contributed by atoms with Gasteiger partial charge in [-0.3, -0.25) is 30.3 Å². The van der Waals surface area contributed by atoms with E-state index in [1.165, 1.54) is 0 Å². The number of rotatable bonds is 4. The molecule has 0 saturated carbocycles. The summed E-state index contributed by atoms with van der Waals surface area (Å²) < 4.78 is 0. The Morgan fingerprint density at radius 1 is 0.941 bits per heavy atom. The molecule has 0 aromatic heterocycles. The van der Waals surface area contributed by atoms with Crippen molar-refractivity contribution in [3.8, 4) is 0 Å². The Labute approximate surface area is 93.3 Å². The zero-order chi connectivity index (χ0) is 13.2. The fourth-order valence-electron chi connectivity index (χ4n) is 1.20. The fraction of sp³-hybridized carbons (Fsp3) is 0.143. The highest BCUT2D eigenvalue weighted by atomic mass is 16.6. The monoisotopic (exact) mass is 241 g/mol. The lowest BCUT2D eigenvalue weighted by Gasteiger charge is -1.94. The molecule has 2 radical (unpaired) electrons. The van der Waals surface area contributed by atoms with Gasteiger partial charge in [0.2, 0.25) is 0 Å². The zero-order valence-electron chi connectivity index (χ0n) is 8.39. The largest absolute Gasteiger partial charge is 0.398 e. The number of non-ortho nitro benzene ring substituents is 1. The van der Waals surface area contributed by atoms with Gasteiger partial charge in [-0.25, -0.2) is 0 Å². The Bertz CT molecular complexity index is 478. The molecule has 10 nitrogen and oxygen atoms in total. The third kappa shape index (κ3) is 2.31. The van der Waals surface area contributed by atoms with Crippen LogP contribution >= 0.6 is 0 Å². The molecular formula is C7H5N4O6+. The van der Waals surface area contributed by atoms with Crippen molar-refractivity contribution in [1.82, 2.24) is 5.32 Å². The molecule has 0 spiro atoms. The topological polar surface area (TPSA) is 144 Å². The predicted octanol–water partition coefficient (Wildman–Crippen LogP) is 1.28. The SMILES string of the molecule is C[N+]c1c([N+](=O)[O-])cc([N+](=O)[O-])cc1[N+](=O)[O-]. The van der Waals surface area contributed by atoms with Crippen molar-refractivity contribution in [2.75, 3.05) is 7.05 Å². The van der Waals surface area contributed by atoms with Crippen molar-refractivity contribution in [3.63, 3.8) is 0 Å². The van der Waals surface area contributed by atoms with E-state index in [0.29, 0.717) is 12.1 Å². The Balaban J connectivity index is 3.63. The maximum absolute atomic E-state index is 10.6. The van der Waals surface area contributed by atoms with Crippen molar-refractivity contribution in [3.05, 3.63) is 42.5 Å². The molecule has 0 bridgehead atoms. The number of hydrogen-bond donors (Lipinski definition) is 0. The molecule has 1 aromatic rings. The van der Waals surface area contributed by atoms with Crippen LogP contribution in [0.15, 0.2) is 12.1 Å². The van der Waals surface area contributed by atoms with Gasteiger partial charge in [-0.2, -0.15) is 0 Å². The quantitative estimate of drug-likeness (QED) is 0.573. The number of nitro groups is 3. The highest BCUT2D eigenvalue weighted by Gasteiger charge is 2.37. The second-order valence-electron chi connectivity index (χ2n) is 2.83. The minimum atomic E-state index is -0.956. The van der Waals surface area contributed by atoms with Gasteiger partial charge in [-0.05, 0) is 0 Å². The lowest BCUT2D eigenvalue weighted by Crippen LogP contribution is -2.02. The lowest BCUT2D eigenvalue weighted by molar-refractivity contribution is -0.402. The highest BCUT2D eigenvalue weighted by molar-refractivity contribution is 5.73. The Hall–Kier alpha value is -2.62. The molecule has 1 rings (SSSR count). The molecule has 17 heavy (non-hydrogen) atoms. The van der Waals surface area contributed by atoms with Crippen LogP contribution in [0.5, 0.6) is 0 Å². The predicted molar refractivity (Wildman–Crippen MR) is 54.1 cm³/mol. The minimum Gasteiger partial charge on any atom is -0.258 e. The number of hydrogen-bond acceptors (Lipinski definition) is 6. The Morgan fingerprint density at radius 2 is 1.35 bits per heavy atom. The van der Waals surface area contributed by atoms with E-state index in [4.69, 9.17) is 0 Å². The average molecular weight is 241 g/mol. The third-order valence-electron chi connectivity index (χ3n) is 1.88. The summed E-state index contributed by atoms with van der Waals surface area (Å²) in [6.07, 6.45) is 0. The van der Waals surface area contributed by atoms with Gasteiger partial charge in [0.05, 0.1) is 14.8 Å². The van der Waals surface area contributed by atoms with Crippen LogP contribution in [0.1, 0.15) is 0 Å². The van der Waals surface area contributed by atoms with Gasteiger partial charge in [-0.1, -0.05) is 0 Å². The third-order valence-corrected chi connectivity index (χ3v) is 1.88. The Morgan fingerprint density at radius 3 is 1.59 bits per heavy atom. The lowest BCUT2D eigenvalue weighted by atomic mass is 10.2. The maximum atomic E-state index is 10.6. The van der Waals surface area contributed by atoms with E-state index in [-0.39, 0.29) is 0 Å². The maximum Gasteiger partial charge on any atom is 0.398 e. The van der Waals surface area contributed by atoms with Crippen LogP contribution in [0.25, 0.3) is 0 Å². The number of benzene rings is 1. The van der Waals surface area contributed by atoms with Crippen LogP contribution in [-0.4, -0.2) is 21.8 Å². The van der Waals surface area contributed by atoms with Gasteiger partial charge in [0, 0.05) is 0 Å². The molecule has 0 fully saturated rings. The summed E-state index contributed by atoms with van der Waals surface area (Å²) in [5.41, 5.74) is -2.76. The van der Waals surface area contributed by atoms with Gasteiger partial charge in [0.15, 0.2) is 7.05 Å². The van der Waals surface area contributed by atoms with Crippen molar-refractivity contribution in [2.45, 2.75) is 0 Å². The van der Waals surface area contributed by atoms with Crippen LogP contribution < -0.4 is 5.32 Å². The molecule has 0 unspecified atom stereocenters. The first-order valence-electron chi connectivity index (χ1n) is 4.09.